The van der Waals surface area contributed by atoms with E-state index in [9.17, 15) is 9.90 Å². The van der Waals surface area contributed by atoms with E-state index < -0.39 is 11.9 Å². The SMILES string of the molecule is O=C(c1ccc(-c2ccccc2)cc1)N(C(O)=N[n+]1c(-c2ccccc2)cc(-c2ccccc2)cc1-c1ccccc1)c1ccccc1. The van der Waals surface area contributed by atoms with E-state index in [1.165, 1.54) is 4.90 Å². The average Bonchev–Trinajstić information content (AvgIpc) is 3.17. The number of hydrogen-bond acceptors (Lipinski definition) is 2. The van der Waals surface area contributed by atoms with Crippen molar-refractivity contribution in [1.82, 2.24) is 0 Å². The van der Waals surface area contributed by atoms with Crippen LogP contribution in [-0.2, 0) is 0 Å². The lowest BCUT2D eigenvalue weighted by Gasteiger charge is -2.19. The molecule has 0 spiro atoms. The quantitative estimate of drug-likeness (QED) is 0.109. The molecule has 0 aliphatic rings. The predicted octanol–water partition coefficient (Wildman–Crippen LogP) is 9.67. The molecule has 0 aliphatic heterocycles. The molecule has 1 amide bonds. The monoisotopic (exact) mass is 622 g/mol. The molecule has 1 heterocycles. The standard InChI is InChI=1S/C43H31N3O2/c47-42(37-28-26-34(27-29-37)32-16-6-1-7-17-32)45(39-24-14-5-15-25-39)43(48)44-46-40(35-20-10-3-11-21-35)30-38(33-18-8-2-9-19-33)31-41(46)36-22-12-4-13-23-36/h1-31H/p+1. The molecule has 6 aromatic carbocycles. The van der Waals surface area contributed by atoms with Gasteiger partial charge in [-0.15, -0.1) is 0 Å². The number of anilines is 1. The highest BCUT2D eigenvalue weighted by Gasteiger charge is 2.29. The van der Waals surface area contributed by atoms with Crippen LogP contribution in [0.2, 0.25) is 0 Å². The first kappa shape index (κ1) is 30.1. The van der Waals surface area contributed by atoms with Crippen molar-refractivity contribution in [3.63, 3.8) is 0 Å². The van der Waals surface area contributed by atoms with Gasteiger partial charge in [-0.05, 0) is 75.5 Å². The van der Waals surface area contributed by atoms with Crippen molar-refractivity contribution in [2.24, 2.45) is 5.10 Å². The van der Waals surface area contributed by atoms with Crippen LogP contribution in [0.4, 0.5) is 5.69 Å². The normalized spacial score (nSPS) is 11.2. The molecule has 5 heteroatoms. The van der Waals surface area contributed by atoms with Gasteiger partial charge in [-0.25, -0.2) is 4.90 Å². The molecule has 0 radical (unpaired) electrons. The summed E-state index contributed by atoms with van der Waals surface area (Å²) in [5.41, 5.74) is 8.28. The molecule has 0 unspecified atom stereocenters. The number of nitrogens with zero attached hydrogens (tertiary/aromatic N) is 3. The maximum Gasteiger partial charge on any atom is 0.364 e. The molecule has 0 atom stereocenters. The zero-order valence-electron chi connectivity index (χ0n) is 26.1. The molecule has 1 N–H and O–H groups in total. The van der Waals surface area contributed by atoms with E-state index in [-0.39, 0.29) is 0 Å². The summed E-state index contributed by atoms with van der Waals surface area (Å²) in [6.07, 6.45) is 0. The fourth-order valence-corrected chi connectivity index (χ4v) is 5.72. The van der Waals surface area contributed by atoms with Gasteiger partial charge in [-0.1, -0.05) is 127 Å². The van der Waals surface area contributed by atoms with Crippen molar-refractivity contribution in [1.29, 1.82) is 0 Å². The Hall–Kier alpha value is -6.59. The number of rotatable bonds is 7. The summed E-state index contributed by atoms with van der Waals surface area (Å²) in [6, 6.07) is 60.1. The summed E-state index contributed by atoms with van der Waals surface area (Å²) in [5.74, 6) is -0.411. The number of pyridine rings is 1. The smallest absolute Gasteiger partial charge is 0.364 e. The number of carbonyl (C=O) groups excluding carboxylic acids is 1. The zero-order chi connectivity index (χ0) is 32.7. The lowest BCUT2D eigenvalue weighted by Crippen LogP contribution is -2.43. The molecule has 1 aromatic heterocycles. The highest BCUT2D eigenvalue weighted by atomic mass is 16.3. The van der Waals surface area contributed by atoms with Gasteiger partial charge in [-0.3, -0.25) is 4.79 Å². The van der Waals surface area contributed by atoms with Crippen LogP contribution in [0.1, 0.15) is 10.4 Å². The first-order valence-corrected chi connectivity index (χ1v) is 15.7. The molecule has 0 aliphatic carbocycles. The van der Waals surface area contributed by atoms with E-state index in [0.29, 0.717) is 11.3 Å². The number of amidine groups is 1. The van der Waals surface area contributed by atoms with Crippen molar-refractivity contribution in [3.05, 3.63) is 194 Å². The van der Waals surface area contributed by atoms with E-state index in [2.05, 4.69) is 24.3 Å². The van der Waals surface area contributed by atoms with Crippen LogP contribution in [-0.4, -0.2) is 17.0 Å². The van der Waals surface area contributed by atoms with E-state index in [1.54, 1.807) is 28.9 Å². The van der Waals surface area contributed by atoms with Gasteiger partial charge in [-0.2, -0.15) is 0 Å². The van der Waals surface area contributed by atoms with Crippen LogP contribution in [0.3, 0.4) is 0 Å². The van der Waals surface area contributed by atoms with Gasteiger partial charge in [0.2, 0.25) is 11.4 Å². The first-order chi connectivity index (χ1) is 23.7. The highest BCUT2D eigenvalue weighted by Crippen LogP contribution is 2.30. The van der Waals surface area contributed by atoms with Crippen molar-refractivity contribution in [2.45, 2.75) is 0 Å². The number of aliphatic hydroxyl groups is 1. The lowest BCUT2D eigenvalue weighted by molar-refractivity contribution is -0.657. The summed E-state index contributed by atoms with van der Waals surface area (Å²) >= 11 is 0. The van der Waals surface area contributed by atoms with Crippen molar-refractivity contribution in [3.8, 4) is 44.8 Å². The fourth-order valence-electron chi connectivity index (χ4n) is 5.72. The maximum atomic E-state index is 14.2. The number of carbonyl (C=O) groups is 1. The van der Waals surface area contributed by atoms with Crippen LogP contribution in [0.15, 0.2) is 193 Å². The molecule has 5 nitrogen and oxygen atoms in total. The number of hydrogen-bond donors (Lipinski definition) is 1. The second-order valence-corrected chi connectivity index (χ2v) is 11.2. The predicted molar refractivity (Wildman–Crippen MR) is 194 cm³/mol. The van der Waals surface area contributed by atoms with E-state index in [0.717, 1.165) is 44.8 Å². The Bertz CT molecular complexity index is 2110. The van der Waals surface area contributed by atoms with Gasteiger partial charge in [0.1, 0.15) is 0 Å². The van der Waals surface area contributed by atoms with Gasteiger partial charge in [0.05, 0.1) is 10.8 Å². The summed E-state index contributed by atoms with van der Waals surface area (Å²) in [5, 5.41) is 16.8. The number of benzene rings is 6. The molecule has 0 fully saturated rings. The van der Waals surface area contributed by atoms with Crippen LogP contribution >= 0.6 is 0 Å². The third-order valence-electron chi connectivity index (χ3n) is 8.13. The molecule has 7 rings (SSSR count). The largest absolute Gasteiger partial charge is 0.476 e. The second-order valence-electron chi connectivity index (χ2n) is 11.2. The Morgan fingerprint density at radius 3 is 1.29 bits per heavy atom. The third-order valence-corrected chi connectivity index (χ3v) is 8.13. The summed E-state index contributed by atoms with van der Waals surface area (Å²) in [4.78, 5) is 15.5. The number of aromatic nitrogens is 1. The number of amides is 1. The minimum atomic E-state index is -0.467. The van der Waals surface area contributed by atoms with E-state index >= 15 is 0 Å². The molecule has 0 saturated heterocycles. The molecule has 0 bridgehead atoms. The minimum Gasteiger partial charge on any atom is -0.476 e. The number of aliphatic hydroxyl groups excluding tert-OH is 1. The van der Waals surface area contributed by atoms with Gasteiger partial charge in [0.15, 0.2) is 0 Å². The highest BCUT2D eigenvalue weighted by molar-refractivity contribution is 6.20. The van der Waals surface area contributed by atoms with Gasteiger partial charge < -0.3 is 5.11 Å². The zero-order valence-corrected chi connectivity index (χ0v) is 26.1. The maximum absolute atomic E-state index is 14.2. The van der Waals surface area contributed by atoms with Gasteiger partial charge in [0, 0.05) is 28.8 Å². The molecule has 0 saturated carbocycles. The van der Waals surface area contributed by atoms with E-state index in [1.807, 2.05) is 140 Å². The van der Waals surface area contributed by atoms with Gasteiger partial charge in [0.25, 0.3) is 5.91 Å². The second kappa shape index (κ2) is 13.8. The average molecular weight is 623 g/mol. The topological polar surface area (TPSA) is 56.8 Å². The van der Waals surface area contributed by atoms with Crippen molar-refractivity contribution < 1.29 is 14.6 Å². The molecule has 230 valence electrons. The van der Waals surface area contributed by atoms with Crippen molar-refractivity contribution in [2.75, 3.05) is 4.90 Å². The first-order valence-electron chi connectivity index (χ1n) is 15.7. The summed E-state index contributed by atoms with van der Waals surface area (Å²) in [6.45, 7) is 0. The Morgan fingerprint density at radius 1 is 0.458 bits per heavy atom. The van der Waals surface area contributed by atoms with Crippen LogP contribution < -0.4 is 9.58 Å². The van der Waals surface area contributed by atoms with Gasteiger partial charge >= 0.3 is 6.02 Å². The summed E-state index contributed by atoms with van der Waals surface area (Å²) in [7, 11) is 0. The molecular weight excluding hydrogens is 590 g/mol. The Balaban J connectivity index is 1.40. The summed E-state index contributed by atoms with van der Waals surface area (Å²) < 4.78 is 1.72. The Morgan fingerprint density at radius 2 is 0.833 bits per heavy atom. The van der Waals surface area contributed by atoms with Crippen LogP contribution in [0.5, 0.6) is 0 Å². The third kappa shape index (κ3) is 6.39. The van der Waals surface area contributed by atoms with E-state index in [4.69, 9.17) is 5.10 Å². The van der Waals surface area contributed by atoms with Crippen LogP contribution in [0, 0.1) is 0 Å². The van der Waals surface area contributed by atoms with Crippen LogP contribution in [0.25, 0.3) is 44.8 Å². The molecular formula is C43H32N3O2+. The Kier molecular flexibility index (Phi) is 8.66. The Labute approximate surface area is 280 Å². The molecule has 48 heavy (non-hydrogen) atoms. The fraction of sp³-hybridized carbons (Fsp3) is 0. The lowest BCUT2D eigenvalue weighted by atomic mass is 10.00. The van der Waals surface area contributed by atoms with Crippen molar-refractivity contribution >= 4 is 17.6 Å². The minimum absolute atomic E-state index is 0.411. The molecule has 7 aromatic rings. The number of para-hydroxylation sites is 1.